The summed E-state index contributed by atoms with van der Waals surface area (Å²) in [5, 5.41) is 0. The Labute approximate surface area is 512 Å². The fraction of sp³-hybridized carbons (Fsp3) is 0.657. The molecule has 0 aromatic carbocycles. The van der Waals surface area contributed by atoms with E-state index in [2.05, 4.69) is 55.4 Å². The Morgan fingerprint density at radius 2 is 0.523 bits per heavy atom. The van der Waals surface area contributed by atoms with Gasteiger partial charge >= 0.3 is 23.9 Å². The van der Waals surface area contributed by atoms with Gasteiger partial charge in [0.25, 0.3) is 0 Å². The van der Waals surface area contributed by atoms with Crippen molar-refractivity contribution in [3.63, 3.8) is 0 Å². The van der Waals surface area contributed by atoms with E-state index >= 15 is 0 Å². The monoisotopic (exact) mass is 1190 g/mol. The van der Waals surface area contributed by atoms with Crippen molar-refractivity contribution >= 4 is 23.9 Å². The molecule has 10 rings (SSSR count). The van der Waals surface area contributed by atoms with Gasteiger partial charge in [-0.25, -0.2) is 39.1 Å². The van der Waals surface area contributed by atoms with Crippen molar-refractivity contribution < 1.29 is 57.1 Å². The van der Waals surface area contributed by atoms with Gasteiger partial charge in [0.15, 0.2) is 22.8 Å². The number of hydrogen-bond acceptors (Lipinski definition) is 16. The summed E-state index contributed by atoms with van der Waals surface area (Å²) in [5.41, 5.74) is 1.22. The molecular weight excluding hydrogens is 1090 g/mol. The molecule has 4 aromatic heterocycles. The van der Waals surface area contributed by atoms with E-state index in [1.807, 2.05) is 13.8 Å². The number of hydrogen-bond donors (Lipinski definition) is 0. The minimum atomic E-state index is -1.58. The summed E-state index contributed by atoms with van der Waals surface area (Å²) < 4.78 is 52.5. The Morgan fingerprint density at radius 1 is 0.349 bits per heavy atom. The molecule has 4 aromatic rings. The highest BCUT2D eigenvalue weighted by molar-refractivity contribution is 5.92. The third kappa shape index (κ3) is 13.8. The van der Waals surface area contributed by atoms with Crippen LogP contribution in [0.1, 0.15) is 322 Å². The van der Waals surface area contributed by atoms with Gasteiger partial charge in [0.2, 0.25) is 0 Å². The van der Waals surface area contributed by atoms with Crippen LogP contribution in [0.3, 0.4) is 0 Å². The Kier molecular flexibility index (Phi) is 24.2. The lowest BCUT2D eigenvalue weighted by molar-refractivity contribution is 0.0583. The second-order valence-electron chi connectivity index (χ2n) is 24.4. The summed E-state index contributed by atoms with van der Waals surface area (Å²) in [4.78, 5) is 80.2. The van der Waals surface area contributed by atoms with Gasteiger partial charge in [-0.2, -0.15) is 0 Å². The normalized spacial score (nSPS) is 17.8. The fourth-order valence-electron chi connectivity index (χ4n) is 13.5. The van der Waals surface area contributed by atoms with Gasteiger partial charge in [0.05, 0.1) is 86.5 Å². The molecule has 0 N–H and O–H groups in total. The number of nitrogens with zero attached hydrogens (tertiary/aromatic N) is 4. The number of esters is 4. The lowest BCUT2D eigenvalue weighted by Gasteiger charge is -2.57. The van der Waals surface area contributed by atoms with Gasteiger partial charge in [0.1, 0.15) is 23.0 Å². The smallest absolute Gasteiger partial charge is 0.356 e. The van der Waals surface area contributed by atoms with Crippen molar-refractivity contribution in [2.45, 2.75) is 270 Å². The van der Waals surface area contributed by atoms with E-state index < -0.39 is 46.5 Å². The second kappa shape index (κ2) is 31.0. The minimum absolute atomic E-state index is 0.0194. The summed E-state index contributed by atoms with van der Waals surface area (Å²) in [5.74, 6) is -3.10. The molecule has 4 heterocycles. The quantitative estimate of drug-likeness (QED) is 0.0308. The van der Waals surface area contributed by atoms with Crippen molar-refractivity contribution in [2.24, 2.45) is 0 Å². The van der Waals surface area contributed by atoms with Gasteiger partial charge in [-0.1, -0.05) is 158 Å². The molecule has 16 heteroatoms. The van der Waals surface area contributed by atoms with Crippen LogP contribution < -0.4 is 18.9 Å². The molecule has 86 heavy (non-hydrogen) atoms. The molecule has 6 aliphatic rings. The first-order valence-electron chi connectivity index (χ1n) is 32.8. The number of pyridine rings is 4. The molecule has 0 unspecified atom stereocenters. The summed E-state index contributed by atoms with van der Waals surface area (Å²) in [6.07, 6.45) is 19.5. The maximum atomic E-state index is 14.5. The van der Waals surface area contributed by atoms with Crippen LogP contribution in [0.4, 0.5) is 0 Å². The van der Waals surface area contributed by atoms with Crippen LogP contribution in [0.25, 0.3) is 0 Å². The number of methoxy groups -OCH3 is 4. The van der Waals surface area contributed by atoms with Crippen LogP contribution >= 0.6 is 0 Å². The van der Waals surface area contributed by atoms with Crippen LogP contribution in [0, 0.1) is 0 Å². The lowest BCUT2D eigenvalue weighted by Crippen LogP contribution is -2.54. The third-order valence-electron chi connectivity index (χ3n) is 18.1. The zero-order chi connectivity index (χ0) is 62.3. The first-order chi connectivity index (χ1) is 41.6. The Balaban J connectivity index is 1.82. The number of rotatable bonds is 36. The van der Waals surface area contributed by atoms with Crippen LogP contribution in [-0.2, 0) is 29.8 Å². The van der Waals surface area contributed by atoms with Crippen LogP contribution in [0.5, 0.6) is 23.0 Å². The number of unbranched alkanes of at least 4 members (excludes halogenated alkanes) is 8. The molecule has 472 valence electrons. The van der Waals surface area contributed by atoms with E-state index in [1.54, 1.807) is 24.3 Å². The zero-order valence-corrected chi connectivity index (χ0v) is 54.4. The van der Waals surface area contributed by atoms with E-state index in [4.69, 9.17) is 57.8 Å². The SMILES string of the molecule is CCCCC(CCCC)Oc1cc(C(=O)OC)nc2c1C1c3c(OC(CCCC)CCCC)cc(C(=O)OC)nc3C2(C)C2c3c(OC(CCCC)CCCC)cc(C(=O)OC)nc3C1(C)c1nc(C(=O)OC)cc(OC(CCCC)CCCC)c12. The molecular formula is C70H100N4O12. The van der Waals surface area contributed by atoms with E-state index in [0.717, 1.165) is 154 Å². The maximum absolute atomic E-state index is 14.5. The van der Waals surface area contributed by atoms with Crippen LogP contribution in [-0.4, -0.2) is 96.7 Å². The number of carbonyl (C=O) groups is 4. The van der Waals surface area contributed by atoms with E-state index in [9.17, 15) is 19.2 Å². The average Bonchev–Trinajstić information content (AvgIpc) is 0.665. The molecule has 0 atom stereocenters. The molecule has 0 aliphatic heterocycles. The maximum Gasteiger partial charge on any atom is 0.356 e. The number of ether oxygens (including phenoxy) is 8. The van der Waals surface area contributed by atoms with E-state index in [-0.39, 0.29) is 47.2 Å². The van der Waals surface area contributed by atoms with Gasteiger partial charge in [-0.05, 0) is 65.2 Å². The van der Waals surface area contributed by atoms with Crippen LogP contribution in [0.15, 0.2) is 24.3 Å². The second-order valence-corrected chi connectivity index (χ2v) is 24.4. The van der Waals surface area contributed by atoms with E-state index in [1.165, 1.54) is 28.4 Å². The summed E-state index contributed by atoms with van der Waals surface area (Å²) in [7, 11) is 5.37. The van der Waals surface area contributed by atoms with Crippen molar-refractivity contribution in [3.8, 4) is 23.0 Å². The first kappa shape index (κ1) is 67.2. The van der Waals surface area contributed by atoms with E-state index in [0.29, 0.717) is 68.0 Å². The summed E-state index contributed by atoms with van der Waals surface area (Å²) in [6, 6.07) is 6.81. The third-order valence-corrected chi connectivity index (χ3v) is 18.1. The number of aromatic nitrogens is 4. The molecule has 0 spiro atoms. The molecule has 4 bridgehead atoms. The van der Waals surface area contributed by atoms with Gasteiger partial charge in [0, 0.05) is 58.4 Å². The molecule has 0 fully saturated rings. The molecule has 0 amide bonds. The Hall–Kier alpha value is -6.32. The lowest BCUT2D eigenvalue weighted by atomic mass is 9.46. The Morgan fingerprint density at radius 3 is 0.674 bits per heavy atom. The van der Waals surface area contributed by atoms with Gasteiger partial charge < -0.3 is 37.9 Å². The zero-order valence-electron chi connectivity index (χ0n) is 54.4. The molecule has 0 saturated carbocycles. The van der Waals surface area contributed by atoms with Crippen molar-refractivity contribution in [3.05, 3.63) is 92.1 Å². The van der Waals surface area contributed by atoms with Crippen LogP contribution in [0.2, 0.25) is 0 Å². The molecule has 16 nitrogen and oxygen atoms in total. The fourth-order valence-corrected chi connectivity index (χ4v) is 13.5. The molecule has 0 radical (unpaired) electrons. The van der Waals surface area contributed by atoms with Crippen molar-refractivity contribution in [2.75, 3.05) is 28.4 Å². The molecule has 0 saturated heterocycles. The van der Waals surface area contributed by atoms with Gasteiger partial charge in [-0.15, -0.1) is 0 Å². The largest absolute Gasteiger partial charge is 0.490 e. The topological polar surface area (TPSA) is 194 Å². The number of carbonyl (C=O) groups excluding carboxylic acids is 4. The van der Waals surface area contributed by atoms with Gasteiger partial charge in [-0.3, -0.25) is 0 Å². The summed E-state index contributed by atoms with van der Waals surface area (Å²) in [6.45, 7) is 21.4. The highest BCUT2D eigenvalue weighted by Crippen LogP contribution is 2.71. The highest BCUT2D eigenvalue weighted by atomic mass is 16.5. The minimum Gasteiger partial charge on any atom is -0.490 e. The highest BCUT2D eigenvalue weighted by Gasteiger charge is 2.66. The van der Waals surface area contributed by atoms with Crippen molar-refractivity contribution in [1.29, 1.82) is 0 Å². The standard InChI is InChI=1S/C70H100N4O12/c1-15-23-31-43(32-24-16-2)83-51-39-47(65(75)79-11)71-61-55(51)59-56-52(84-44(33-25-17-3)34-26-18-4)40-48(66(76)80-12)72-62(56)70(61,10)60-57-53(85-45(35-27-19-5)36-28-20-6)41-49(67(77)81-13)73-63(57)69(59,9)64-58(60)54(42-50(74-64)68(78)82-14)86-46(37-29-21-7)38-30-22-8/h39-46,59-60H,15-38H2,1-14H3. The average molecular weight is 1190 g/mol. The first-order valence-corrected chi connectivity index (χ1v) is 32.8. The molecule has 6 aliphatic carbocycles. The summed E-state index contributed by atoms with van der Waals surface area (Å²) >= 11 is 0. The predicted molar refractivity (Wildman–Crippen MR) is 333 cm³/mol. The predicted octanol–water partition coefficient (Wildman–Crippen LogP) is 16.1. The van der Waals surface area contributed by atoms with Crippen molar-refractivity contribution in [1.82, 2.24) is 19.9 Å². The Bertz CT molecular complexity index is 2560.